The van der Waals surface area contributed by atoms with Crippen molar-refractivity contribution < 1.29 is 9.53 Å². The number of nitrogens with zero attached hydrogens (tertiary/aromatic N) is 4. The molecule has 0 unspecified atom stereocenters. The molecule has 0 aromatic carbocycles. The Bertz CT molecular complexity index is 670. The van der Waals surface area contributed by atoms with Gasteiger partial charge in [0.2, 0.25) is 5.91 Å². The largest absolute Gasteiger partial charge is 0.352 e. The molecule has 138 valence electrons. The molecule has 4 heterocycles. The summed E-state index contributed by atoms with van der Waals surface area (Å²) < 4.78 is 8.39. The molecule has 3 fully saturated rings. The third kappa shape index (κ3) is 2.61. The Hall–Kier alpha value is -1.40. The Morgan fingerprint density at radius 3 is 2.84 bits per heavy atom. The highest BCUT2D eigenvalue weighted by Gasteiger charge is 2.64. The van der Waals surface area contributed by atoms with Crippen LogP contribution in [0.2, 0.25) is 0 Å². The minimum absolute atomic E-state index is 0.226. The van der Waals surface area contributed by atoms with E-state index in [-0.39, 0.29) is 23.7 Å². The normalized spacial score (nSPS) is 32.0. The van der Waals surface area contributed by atoms with Gasteiger partial charge in [-0.1, -0.05) is 13.8 Å². The molecular formula is C19H30N4O2. The van der Waals surface area contributed by atoms with Gasteiger partial charge in [0.1, 0.15) is 0 Å². The lowest BCUT2D eigenvalue weighted by Gasteiger charge is -2.34. The van der Waals surface area contributed by atoms with E-state index in [1.807, 2.05) is 6.92 Å². The predicted octanol–water partition coefficient (Wildman–Crippen LogP) is 1.95. The quantitative estimate of drug-likeness (QED) is 0.818. The third-order valence-corrected chi connectivity index (χ3v) is 6.29. The van der Waals surface area contributed by atoms with Crippen LogP contribution in [-0.4, -0.2) is 63.0 Å². The molecule has 0 aliphatic carbocycles. The lowest BCUT2D eigenvalue weighted by molar-refractivity contribution is -0.139. The Morgan fingerprint density at radius 2 is 2.16 bits per heavy atom. The molecule has 3 saturated heterocycles. The summed E-state index contributed by atoms with van der Waals surface area (Å²) in [5, 5.41) is 4.55. The average Bonchev–Trinajstić information content (AvgIpc) is 3.23. The Kier molecular flexibility index (Phi) is 4.15. The SMILES string of the molecule is Cc1cc(C)n(CCCN2CC[C@@]34OC[C@@H](C(C)C)N3C(=O)C[C@@H]24)n1. The van der Waals surface area contributed by atoms with Crippen molar-refractivity contribution >= 4 is 5.91 Å². The number of amides is 1. The van der Waals surface area contributed by atoms with Gasteiger partial charge in [-0.05, 0) is 32.3 Å². The second-order valence-electron chi connectivity index (χ2n) is 8.24. The summed E-state index contributed by atoms with van der Waals surface area (Å²) >= 11 is 0. The van der Waals surface area contributed by atoms with E-state index in [0.717, 1.165) is 38.2 Å². The van der Waals surface area contributed by atoms with Crippen molar-refractivity contribution in [3.05, 3.63) is 17.5 Å². The number of aryl methyl sites for hydroxylation is 3. The number of hydrogen-bond acceptors (Lipinski definition) is 4. The zero-order valence-corrected chi connectivity index (χ0v) is 15.9. The Balaban J connectivity index is 1.41. The summed E-state index contributed by atoms with van der Waals surface area (Å²) in [5.74, 6) is 0.728. The molecule has 0 saturated carbocycles. The van der Waals surface area contributed by atoms with Crippen LogP contribution in [0.4, 0.5) is 0 Å². The van der Waals surface area contributed by atoms with Crippen LogP contribution >= 0.6 is 0 Å². The first-order valence-electron chi connectivity index (χ1n) is 9.63. The molecule has 3 aliphatic rings. The Labute approximate surface area is 150 Å². The highest BCUT2D eigenvalue weighted by Crippen LogP contribution is 2.48. The maximum absolute atomic E-state index is 12.7. The number of aromatic nitrogens is 2. The minimum Gasteiger partial charge on any atom is -0.352 e. The number of carbonyl (C=O) groups is 1. The Morgan fingerprint density at radius 1 is 1.36 bits per heavy atom. The molecule has 6 nitrogen and oxygen atoms in total. The highest BCUT2D eigenvalue weighted by molar-refractivity contribution is 5.82. The lowest BCUT2D eigenvalue weighted by atomic mass is 10.0. The molecule has 1 amide bonds. The van der Waals surface area contributed by atoms with E-state index >= 15 is 0 Å². The molecule has 0 N–H and O–H groups in total. The van der Waals surface area contributed by atoms with Gasteiger partial charge < -0.3 is 9.64 Å². The van der Waals surface area contributed by atoms with Crippen molar-refractivity contribution in [3.63, 3.8) is 0 Å². The smallest absolute Gasteiger partial charge is 0.226 e. The number of ether oxygens (including phenoxy) is 1. The van der Waals surface area contributed by atoms with Gasteiger partial charge in [0.05, 0.1) is 24.4 Å². The van der Waals surface area contributed by atoms with Crippen LogP contribution in [0.5, 0.6) is 0 Å². The van der Waals surface area contributed by atoms with Crippen molar-refractivity contribution in [2.24, 2.45) is 5.92 Å². The van der Waals surface area contributed by atoms with Gasteiger partial charge >= 0.3 is 0 Å². The fourth-order valence-electron chi connectivity index (χ4n) is 5.05. The second-order valence-corrected chi connectivity index (χ2v) is 8.24. The molecule has 3 aliphatic heterocycles. The monoisotopic (exact) mass is 346 g/mol. The standard InChI is InChI=1S/C19H30N4O2/c1-13(2)16-12-25-19-6-9-21(17(19)11-18(24)23(16)19)7-5-8-22-15(4)10-14(3)20-22/h10,13,16-17H,5-9,11-12H2,1-4H3/t16-,17+,19-/m0/s1. The van der Waals surface area contributed by atoms with Gasteiger partial charge in [0.15, 0.2) is 5.72 Å². The first-order chi connectivity index (χ1) is 11.9. The fourth-order valence-corrected chi connectivity index (χ4v) is 5.05. The van der Waals surface area contributed by atoms with E-state index < -0.39 is 0 Å². The number of likely N-dealkylation sites (tertiary alicyclic amines) is 1. The van der Waals surface area contributed by atoms with Gasteiger partial charge in [-0.15, -0.1) is 0 Å². The highest BCUT2D eigenvalue weighted by atomic mass is 16.5. The van der Waals surface area contributed by atoms with Gasteiger partial charge in [-0.25, -0.2) is 0 Å². The molecule has 0 radical (unpaired) electrons. The zero-order valence-electron chi connectivity index (χ0n) is 15.9. The van der Waals surface area contributed by atoms with Crippen LogP contribution in [0.15, 0.2) is 6.07 Å². The van der Waals surface area contributed by atoms with Crippen molar-refractivity contribution in [1.29, 1.82) is 0 Å². The zero-order chi connectivity index (χ0) is 17.8. The molecule has 1 spiro atoms. The lowest BCUT2D eigenvalue weighted by Crippen LogP contribution is -2.50. The molecule has 0 bridgehead atoms. The summed E-state index contributed by atoms with van der Waals surface area (Å²) in [6, 6.07) is 2.59. The summed E-state index contributed by atoms with van der Waals surface area (Å²) in [5.41, 5.74) is 1.95. The molecule has 3 atom stereocenters. The topological polar surface area (TPSA) is 50.6 Å². The van der Waals surface area contributed by atoms with Crippen LogP contribution in [0.3, 0.4) is 0 Å². The molecule has 25 heavy (non-hydrogen) atoms. The van der Waals surface area contributed by atoms with E-state index in [1.54, 1.807) is 0 Å². The number of carbonyl (C=O) groups excluding carboxylic acids is 1. The summed E-state index contributed by atoms with van der Waals surface area (Å²) in [4.78, 5) is 17.3. The summed E-state index contributed by atoms with van der Waals surface area (Å²) in [7, 11) is 0. The van der Waals surface area contributed by atoms with Gasteiger partial charge in [-0.3, -0.25) is 14.4 Å². The fraction of sp³-hybridized carbons (Fsp3) is 0.789. The van der Waals surface area contributed by atoms with Crippen LogP contribution in [0, 0.1) is 19.8 Å². The van der Waals surface area contributed by atoms with E-state index in [4.69, 9.17) is 4.74 Å². The average molecular weight is 346 g/mol. The van der Waals surface area contributed by atoms with Crippen LogP contribution < -0.4 is 0 Å². The summed E-state index contributed by atoms with van der Waals surface area (Å²) in [6.45, 7) is 12.2. The van der Waals surface area contributed by atoms with Crippen molar-refractivity contribution in [2.45, 2.75) is 71.3 Å². The number of rotatable bonds is 5. The molecule has 6 heteroatoms. The first kappa shape index (κ1) is 17.0. The van der Waals surface area contributed by atoms with Gasteiger partial charge in [-0.2, -0.15) is 5.10 Å². The van der Waals surface area contributed by atoms with E-state index in [2.05, 4.69) is 46.4 Å². The number of hydrogen-bond donors (Lipinski definition) is 0. The van der Waals surface area contributed by atoms with E-state index in [0.29, 0.717) is 18.9 Å². The van der Waals surface area contributed by atoms with E-state index in [9.17, 15) is 4.79 Å². The van der Waals surface area contributed by atoms with Crippen molar-refractivity contribution in [3.8, 4) is 0 Å². The molecule has 1 aromatic rings. The second kappa shape index (κ2) is 6.09. The van der Waals surface area contributed by atoms with Crippen LogP contribution in [0.1, 0.15) is 44.5 Å². The molecule has 1 aromatic heterocycles. The predicted molar refractivity (Wildman–Crippen MR) is 95.1 cm³/mol. The van der Waals surface area contributed by atoms with Crippen LogP contribution in [0.25, 0.3) is 0 Å². The van der Waals surface area contributed by atoms with Crippen molar-refractivity contribution in [1.82, 2.24) is 19.6 Å². The third-order valence-electron chi connectivity index (χ3n) is 6.29. The van der Waals surface area contributed by atoms with E-state index in [1.165, 1.54) is 5.69 Å². The van der Waals surface area contributed by atoms with Crippen molar-refractivity contribution in [2.75, 3.05) is 19.7 Å². The minimum atomic E-state index is -0.343. The maximum atomic E-state index is 12.7. The summed E-state index contributed by atoms with van der Waals surface area (Å²) in [6.07, 6.45) is 2.62. The first-order valence-corrected chi connectivity index (χ1v) is 9.63. The van der Waals surface area contributed by atoms with Gasteiger partial charge in [0.25, 0.3) is 0 Å². The van der Waals surface area contributed by atoms with Crippen LogP contribution in [-0.2, 0) is 16.1 Å². The molecule has 4 rings (SSSR count). The molecular weight excluding hydrogens is 316 g/mol. The maximum Gasteiger partial charge on any atom is 0.226 e. The van der Waals surface area contributed by atoms with Gasteiger partial charge in [0, 0.05) is 38.2 Å².